The average molecular weight is 378 g/mol. The topological polar surface area (TPSA) is 103 Å². The second kappa shape index (κ2) is 7.55. The Labute approximate surface area is 156 Å². The molecule has 3 rings (SSSR count). The average Bonchev–Trinajstić information content (AvgIpc) is 3.10. The number of rotatable bonds is 5. The van der Waals surface area contributed by atoms with Gasteiger partial charge >= 0.3 is 11.7 Å². The molecule has 0 aliphatic carbocycles. The molecular formula is C17H26N6O4. The minimum atomic E-state index is -0.648. The molecule has 1 saturated heterocycles. The summed E-state index contributed by atoms with van der Waals surface area (Å²) in [6.45, 7) is 6.82. The van der Waals surface area contributed by atoms with Crippen LogP contribution >= 0.6 is 0 Å². The fourth-order valence-electron chi connectivity index (χ4n) is 3.35. The van der Waals surface area contributed by atoms with Crippen molar-refractivity contribution < 1.29 is 9.53 Å². The molecule has 1 fully saturated rings. The van der Waals surface area contributed by atoms with Crippen molar-refractivity contribution in [3.05, 3.63) is 20.8 Å². The Bertz CT molecular complexity index is 966. The van der Waals surface area contributed by atoms with Gasteiger partial charge < -0.3 is 19.5 Å². The van der Waals surface area contributed by atoms with Gasteiger partial charge in [-0.05, 0) is 13.3 Å². The highest BCUT2D eigenvalue weighted by Gasteiger charge is 2.26. The summed E-state index contributed by atoms with van der Waals surface area (Å²) in [6, 6.07) is 0.0108. The first-order valence-corrected chi connectivity index (χ1v) is 9.14. The Hall–Kier alpha value is -2.62. The molecule has 0 bridgehead atoms. The quantitative estimate of drug-likeness (QED) is 0.696. The number of ether oxygens (including phenoxy) is 1. The lowest BCUT2D eigenvalue weighted by atomic mass is 10.2. The van der Waals surface area contributed by atoms with Crippen LogP contribution in [0.1, 0.15) is 26.3 Å². The number of fused-ring (bicyclic) bond motifs is 1. The van der Waals surface area contributed by atoms with Crippen molar-refractivity contribution >= 4 is 23.1 Å². The number of aryl methyl sites for hydroxylation is 1. The van der Waals surface area contributed by atoms with Crippen LogP contribution in [0.4, 0.5) is 5.95 Å². The largest absolute Gasteiger partial charge is 0.468 e. The number of hydrogen-bond donors (Lipinski definition) is 1. The van der Waals surface area contributed by atoms with E-state index in [0.717, 1.165) is 37.2 Å². The van der Waals surface area contributed by atoms with E-state index in [2.05, 4.69) is 19.9 Å². The molecule has 27 heavy (non-hydrogen) atoms. The monoisotopic (exact) mass is 378 g/mol. The van der Waals surface area contributed by atoms with Crippen LogP contribution in [-0.4, -0.2) is 57.9 Å². The van der Waals surface area contributed by atoms with E-state index in [0.29, 0.717) is 17.1 Å². The lowest BCUT2D eigenvalue weighted by Gasteiger charge is -2.30. The van der Waals surface area contributed by atoms with E-state index in [9.17, 15) is 14.4 Å². The van der Waals surface area contributed by atoms with Crippen molar-refractivity contribution in [1.82, 2.24) is 24.0 Å². The maximum absolute atomic E-state index is 13.1. The summed E-state index contributed by atoms with van der Waals surface area (Å²) in [5.41, 5.74) is -0.435. The number of imidazole rings is 1. The van der Waals surface area contributed by atoms with Crippen molar-refractivity contribution in [2.45, 2.75) is 32.9 Å². The van der Waals surface area contributed by atoms with Gasteiger partial charge in [0.1, 0.15) is 6.54 Å². The molecule has 1 aliphatic heterocycles. The van der Waals surface area contributed by atoms with E-state index < -0.39 is 23.8 Å². The van der Waals surface area contributed by atoms with Crippen molar-refractivity contribution in [3.8, 4) is 0 Å². The fourth-order valence-corrected chi connectivity index (χ4v) is 3.35. The summed E-state index contributed by atoms with van der Waals surface area (Å²) in [4.78, 5) is 44.3. The van der Waals surface area contributed by atoms with Gasteiger partial charge in [-0.15, -0.1) is 0 Å². The van der Waals surface area contributed by atoms with E-state index in [1.807, 2.05) is 18.4 Å². The molecule has 2 aromatic rings. The number of nitrogens with zero attached hydrogens (tertiary/aromatic N) is 5. The standard InChI is InChI=1S/C17H26N6O4/c1-5-11(2)23-13-14(19-16(23)21-8-6-18-7-9-21)20(3)17(26)22(15(13)25)10-12(24)27-4/h11,18H,5-10H2,1-4H3. The van der Waals surface area contributed by atoms with Crippen molar-refractivity contribution in [3.63, 3.8) is 0 Å². The molecule has 0 amide bonds. The second-order valence-corrected chi connectivity index (χ2v) is 6.76. The molecule has 0 spiro atoms. The molecule has 1 N–H and O–H groups in total. The Morgan fingerprint density at radius 1 is 1.30 bits per heavy atom. The van der Waals surface area contributed by atoms with E-state index in [-0.39, 0.29) is 6.04 Å². The summed E-state index contributed by atoms with van der Waals surface area (Å²) < 4.78 is 8.77. The highest BCUT2D eigenvalue weighted by Crippen LogP contribution is 2.26. The van der Waals surface area contributed by atoms with Gasteiger partial charge in [-0.2, -0.15) is 4.98 Å². The zero-order valence-electron chi connectivity index (χ0n) is 16.2. The maximum atomic E-state index is 13.1. The molecule has 3 heterocycles. The summed E-state index contributed by atoms with van der Waals surface area (Å²) >= 11 is 0. The van der Waals surface area contributed by atoms with E-state index in [4.69, 9.17) is 0 Å². The third-order valence-electron chi connectivity index (χ3n) is 5.10. The molecule has 0 saturated carbocycles. The second-order valence-electron chi connectivity index (χ2n) is 6.76. The molecule has 148 valence electrons. The Morgan fingerprint density at radius 2 is 1.96 bits per heavy atom. The molecular weight excluding hydrogens is 352 g/mol. The predicted molar refractivity (Wildman–Crippen MR) is 101 cm³/mol. The van der Waals surface area contributed by atoms with Crippen LogP contribution < -0.4 is 21.5 Å². The highest BCUT2D eigenvalue weighted by molar-refractivity contribution is 5.76. The van der Waals surface area contributed by atoms with Gasteiger partial charge in [0.2, 0.25) is 5.95 Å². The van der Waals surface area contributed by atoms with Crippen LogP contribution in [0.2, 0.25) is 0 Å². The highest BCUT2D eigenvalue weighted by atomic mass is 16.5. The SMILES string of the molecule is CCC(C)n1c(N2CCNCC2)nc2c1c(=O)n(CC(=O)OC)c(=O)n2C. The van der Waals surface area contributed by atoms with Gasteiger partial charge in [-0.25, -0.2) is 9.36 Å². The van der Waals surface area contributed by atoms with E-state index >= 15 is 0 Å². The van der Waals surface area contributed by atoms with E-state index in [1.54, 1.807) is 7.05 Å². The number of carbonyl (C=O) groups is 1. The Balaban J connectivity index is 2.31. The molecule has 0 aromatic carbocycles. The number of carbonyl (C=O) groups excluding carboxylic acids is 1. The van der Waals surface area contributed by atoms with Gasteiger partial charge in [0, 0.05) is 39.3 Å². The van der Waals surface area contributed by atoms with Crippen LogP contribution in [-0.2, 0) is 23.1 Å². The van der Waals surface area contributed by atoms with E-state index in [1.165, 1.54) is 11.7 Å². The minimum absolute atomic E-state index is 0.0108. The van der Waals surface area contributed by atoms with Crippen LogP contribution in [0.15, 0.2) is 9.59 Å². The van der Waals surface area contributed by atoms with Crippen LogP contribution in [0.3, 0.4) is 0 Å². The summed E-state index contributed by atoms with van der Waals surface area (Å²) in [7, 11) is 2.79. The minimum Gasteiger partial charge on any atom is -0.468 e. The van der Waals surface area contributed by atoms with Gasteiger partial charge in [-0.3, -0.25) is 14.2 Å². The first kappa shape index (κ1) is 19.2. The molecule has 10 nitrogen and oxygen atoms in total. The fraction of sp³-hybridized carbons (Fsp3) is 0.647. The zero-order valence-corrected chi connectivity index (χ0v) is 16.2. The molecule has 2 aromatic heterocycles. The molecule has 1 atom stereocenters. The molecule has 1 aliphatic rings. The smallest absolute Gasteiger partial charge is 0.333 e. The summed E-state index contributed by atoms with van der Waals surface area (Å²) in [6.07, 6.45) is 0.795. The number of methoxy groups -OCH3 is 1. The van der Waals surface area contributed by atoms with Crippen LogP contribution in [0, 0.1) is 0 Å². The molecule has 0 radical (unpaired) electrons. The number of aromatic nitrogens is 4. The Morgan fingerprint density at radius 3 is 2.56 bits per heavy atom. The number of anilines is 1. The van der Waals surface area contributed by atoms with Gasteiger partial charge in [-0.1, -0.05) is 6.92 Å². The first-order valence-electron chi connectivity index (χ1n) is 9.14. The number of nitrogens with one attached hydrogen (secondary N) is 1. The first-order chi connectivity index (χ1) is 12.9. The van der Waals surface area contributed by atoms with Crippen molar-refractivity contribution in [1.29, 1.82) is 0 Å². The third-order valence-corrected chi connectivity index (χ3v) is 5.10. The predicted octanol–water partition coefficient (Wildman–Crippen LogP) is -0.550. The van der Waals surface area contributed by atoms with Crippen LogP contribution in [0.25, 0.3) is 11.2 Å². The van der Waals surface area contributed by atoms with Crippen molar-refractivity contribution in [2.24, 2.45) is 7.05 Å². The maximum Gasteiger partial charge on any atom is 0.333 e. The number of piperazine rings is 1. The Kier molecular flexibility index (Phi) is 5.36. The van der Waals surface area contributed by atoms with Gasteiger partial charge in [0.05, 0.1) is 7.11 Å². The number of esters is 1. The van der Waals surface area contributed by atoms with Crippen molar-refractivity contribution in [2.75, 3.05) is 38.2 Å². The lowest BCUT2D eigenvalue weighted by Crippen LogP contribution is -2.45. The third kappa shape index (κ3) is 3.25. The zero-order chi connectivity index (χ0) is 19.7. The summed E-state index contributed by atoms with van der Waals surface area (Å²) in [5, 5.41) is 3.30. The lowest BCUT2D eigenvalue weighted by molar-refractivity contribution is -0.141. The van der Waals surface area contributed by atoms with Gasteiger partial charge in [0.25, 0.3) is 5.56 Å². The van der Waals surface area contributed by atoms with Gasteiger partial charge in [0.15, 0.2) is 11.2 Å². The number of hydrogen-bond acceptors (Lipinski definition) is 7. The normalized spacial score (nSPS) is 15.9. The molecule has 10 heteroatoms. The van der Waals surface area contributed by atoms with Crippen LogP contribution in [0.5, 0.6) is 0 Å². The summed E-state index contributed by atoms with van der Waals surface area (Å²) in [5.74, 6) is 0.0363. The molecule has 1 unspecified atom stereocenters.